The summed E-state index contributed by atoms with van der Waals surface area (Å²) in [6.45, 7) is 4.74. The number of nitrogens with one attached hydrogen (secondary N) is 1. The highest BCUT2D eigenvalue weighted by Gasteiger charge is 2.12. The molecule has 0 saturated carbocycles. The van der Waals surface area contributed by atoms with E-state index in [4.69, 9.17) is 4.74 Å². The van der Waals surface area contributed by atoms with Crippen molar-refractivity contribution in [1.29, 1.82) is 0 Å². The fourth-order valence-corrected chi connectivity index (χ4v) is 2.70. The number of methoxy groups -OCH3 is 1. The van der Waals surface area contributed by atoms with Crippen LogP contribution >= 0.6 is 0 Å². The predicted octanol–water partition coefficient (Wildman–Crippen LogP) is 3.01. The molecule has 0 fully saturated rings. The first kappa shape index (κ1) is 16.4. The van der Waals surface area contributed by atoms with E-state index in [0.29, 0.717) is 18.4 Å². The molecule has 0 bridgehead atoms. The standard InChI is InChI=1S/C18H23N5O/c1-4-15(9-14-7-5-13(2)6-8-14)21-17-10-16(11-24-3)22-18-19-12-20-23(17)18/h5-8,10,12,15,21H,4,9,11H2,1-3H3. The van der Waals surface area contributed by atoms with Crippen molar-refractivity contribution in [2.75, 3.05) is 12.4 Å². The molecular weight excluding hydrogens is 302 g/mol. The first-order valence-corrected chi connectivity index (χ1v) is 8.20. The highest BCUT2D eigenvalue weighted by molar-refractivity contribution is 5.45. The van der Waals surface area contributed by atoms with Crippen LogP contribution in [0.5, 0.6) is 0 Å². The molecule has 3 aromatic rings. The van der Waals surface area contributed by atoms with E-state index in [0.717, 1.165) is 24.4 Å². The van der Waals surface area contributed by atoms with Crippen LogP contribution in [0, 0.1) is 6.92 Å². The van der Waals surface area contributed by atoms with Gasteiger partial charge in [-0.3, -0.25) is 0 Å². The molecule has 126 valence electrons. The summed E-state index contributed by atoms with van der Waals surface area (Å²) in [4.78, 5) is 8.63. The molecule has 2 heterocycles. The molecule has 1 N–H and O–H groups in total. The summed E-state index contributed by atoms with van der Waals surface area (Å²) in [5.41, 5.74) is 3.44. The van der Waals surface area contributed by atoms with Gasteiger partial charge < -0.3 is 10.1 Å². The van der Waals surface area contributed by atoms with Gasteiger partial charge in [0, 0.05) is 19.2 Å². The van der Waals surface area contributed by atoms with E-state index < -0.39 is 0 Å². The molecule has 1 unspecified atom stereocenters. The second kappa shape index (κ2) is 7.40. The summed E-state index contributed by atoms with van der Waals surface area (Å²) < 4.78 is 6.93. The van der Waals surface area contributed by atoms with Crippen molar-refractivity contribution in [2.24, 2.45) is 0 Å². The normalized spacial score (nSPS) is 12.5. The second-order valence-electron chi connectivity index (χ2n) is 5.98. The third kappa shape index (κ3) is 3.71. The Morgan fingerprint density at radius 1 is 1.25 bits per heavy atom. The van der Waals surface area contributed by atoms with Crippen molar-refractivity contribution >= 4 is 11.6 Å². The van der Waals surface area contributed by atoms with Crippen molar-refractivity contribution in [1.82, 2.24) is 19.6 Å². The average molecular weight is 325 g/mol. The van der Waals surface area contributed by atoms with Crippen LogP contribution in [0.2, 0.25) is 0 Å². The minimum atomic E-state index is 0.304. The maximum atomic E-state index is 5.20. The number of aromatic nitrogens is 4. The van der Waals surface area contributed by atoms with Gasteiger partial charge in [0.2, 0.25) is 0 Å². The molecule has 0 aliphatic heterocycles. The highest BCUT2D eigenvalue weighted by Crippen LogP contribution is 2.16. The molecule has 0 radical (unpaired) electrons. The number of hydrogen-bond donors (Lipinski definition) is 1. The average Bonchev–Trinajstić information content (AvgIpc) is 3.05. The third-order valence-electron chi connectivity index (χ3n) is 4.04. The molecule has 0 saturated heterocycles. The van der Waals surface area contributed by atoms with Crippen LogP contribution in [0.3, 0.4) is 0 Å². The van der Waals surface area contributed by atoms with Gasteiger partial charge in [0.15, 0.2) is 0 Å². The van der Waals surface area contributed by atoms with Gasteiger partial charge >= 0.3 is 0 Å². The summed E-state index contributed by atoms with van der Waals surface area (Å²) in [7, 11) is 1.66. The molecular formula is C18H23N5O. The van der Waals surface area contributed by atoms with E-state index in [1.165, 1.54) is 17.5 Å². The van der Waals surface area contributed by atoms with Crippen molar-refractivity contribution in [3.8, 4) is 0 Å². The Morgan fingerprint density at radius 3 is 2.75 bits per heavy atom. The number of anilines is 1. The molecule has 1 aromatic carbocycles. The van der Waals surface area contributed by atoms with Gasteiger partial charge in [-0.15, -0.1) is 0 Å². The van der Waals surface area contributed by atoms with E-state index >= 15 is 0 Å². The molecule has 0 aliphatic carbocycles. The van der Waals surface area contributed by atoms with Gasteiger partial charge in [-0.25, -0.2) is 4.98 Å². The van der Waals surface area contributed by atoms with Crippen LogP contribution in [0.4, 0.5) is 5.82 Å². The van der Waals surface area contributed by atoms with E-state index in [1.807, 2.05) is 6.07 Å². The van der Waals surface area contributed by atoms with Gasteiger partial charge in [-0.2, -0.15) is 14.6 Å². The van der Waals surface area contributed by atoms with Crippen molar-refractivity contribution in [3.05, 3.63) is 53.5 Å². The van der Waals surface area contributed by atoms with Crippen molar-refractivity contribution < 1.29 is 4.74 Å². The van der Waals surface area contributed by atoms with Crippen LogP contribution in [-0.4, -0.2) is 32.7 Å². The van der Waals surface area contributed by atoms with Gasteiger partial charge in [-0.05, 0) is 25.3 Å². The summed E-state index contributed by atoms with van der Waals surface area (Å²) in [6, 6.07) is 11.0. The zero-order chi connectivity index (χ0) is 16.9. The summed E-state index contributed by atoms with van der Waals surface area (Å²) in [6.07, 6.45) is 3.48. The Kier molecular flexibility index (Phi) is 5.05. The van der Waals surface area contributed by atoms with E-state index in [-0.39, 0.29) is 0 Å². The van der Waals surface area contributed by atoms with Gasteiger partial charge in [-0.1, -0.05) is 36.8 Å². The van der Waals surface area contributed by atoms with Crippen LogP contribution in [-0.2, 0) is 17.8 Å². The maximum Gasteiger partial charge on any atom is 0.254 e. The minimum absolute atomic E-state index is 0.304. The summed E-state index contributed by atoms with van der Waals surface area (Å²) >= 11 is 0. The zero-order valence-electron chi connectivity index (χ0n) is 14.4. The summed E-state index contributed by atoms with van der Waals surface area (Å²) in [5.74, 6) is 1.47. The molecule has 6 nitrogen and oxygen atoms in total. The molecule has 24 heavy (non-hydrogen) atoms. The number of aryl methyl sites for hydroxylation is 1. The SMILES string of the molecule is CCC(Cc1ccc(C)cc1)Nc1cc(COC)nc2ncnn12. The number of rotatable bonds is 7. The predicted molar refractivity (Wildman–Crippen MR) is 94.1 cm³/mol. The molecule has 0 aliphatic rings. The lowest BCUT2D eigenvalue weighted by molar-refractivity contribution is 0.181. The van der Waals surface area contributed by atoms with E-state index in [1.54, 1.807) is 11.6 Å². The maximum absolute atomic E-state index is 5.20. The van der Waals surface area contributed by atoms with E-state index in [2.05, 4.69) is 58.5 Å². The monoisotopic (exact) mass is 325 g/mol. The number of hydrogen-bond acceptors (Lipinski definition) is 5. The highest BCUT2D eigenvalue weighted by atomic mass is 16.5. The first-order valence-electron chi connectivity index (χ1n) is 8.20. The van der Waals surface area contributed by atoms with Crippen LogP contribution in [0.15, 0.2) is 36.7 Å². The van der Waals surface area contributed by atoms with Crippen LogP contribution in [0.25, 0.3) is 5.78 Å². The minimum Gasteiger partial charge on any atom is -0.378 e. The Morgan fingerprint density at radius 2 is 2.04 bits per heavy atom. The van der Waals surface area contributed by atoms with Gasteiger partial charge in [0.05, 0.1) is 12.3 Å². The number of benzene rings is 1. The Balaban J connectivity index is 1.83. The molecule has 0 spiro atoms. The number of ether oxygens (including phenoxy) is 1. The van der Waals surface area contributed by atoms with Gasteiger partial charge in [0.1, 0.15) is 12.1 Å². The zero-order valence-corrected chi connectivity index (χ0v) is 14.4. The largest absolute Gasteiger partial charge is 0.378 e. The third-order valence-corrected chi connectivity index (χ3v) is 4.04. The number of nitrogens with zero attached hydrogens (tertiary/aromatic N) is 4. The lowest BCUT2D eigenvalue weighted by Gasteiger charge is -2.19. The summed E-state index contributed by atoms with van der Waals surface area (Å²) in [5, 5.41) is 7.85. The van der Waals surface area contributed by atoms with Crippen molar-refractivity contribution in [2.45, 2.75) is 39.3 Å². The van der Waals surface area contributed by atoms with Crippen LogP contribution < -0.4 is 5.32 Å². The molecule has 0 amide bonds. The van der Waals surface area contributed by atoms with Crippen molar-refractivity contribution in [3.63, 3.8) is 0 Å². The fraction of sp³-hybridized carbons (Fsp3) is 0.389. The lowest BCUT2D eigenvalue weighted by Crippen LogP contribution is -2.23. The smallest absolute Gasteiger partial charge is 0.254 e. The quantitative estimate of drug-likeness (QED) is 0.723. The Hall–Kier alpha value is -2.47. The van der Waals surface area contributed by atoms with E-state index in [9.17, 15) is 0 Å². The lowest BCUT2D eigenvalue weighted by atomic mass is 10.0. The topological polar surface area (TPSA) is 64.3 Å². The molecule has 2 aromatic heterocycles. The molecule has 6 heteroatoms. The molecule has 3 rings (SSSR count). The van der Waals surface area contributed by atoms with Gasteiger partial charge in [0.25, 0.3) is 5.78 Å². The Labute approximate surface area is 141 Å². The fourth-order valence-electron chi connectivity index (χ4n) is 2.70. The Bertz CT molecular complexity index is 797. The first-order chi connectivity index (χ1) is 11.7. The number of fused-ring (bicyclic) bond motifs is 1. The second-order valence-corrected chi connectivity index (χ2v) is 5.98. The molecule has 1 atom stereocenters. The van der Waals surface area contributed by atoms with Crippen LogP contribution in [0.1, 0.15) is 30.2 Å².